The Balaban J connectivity index is 0.00000220. The Morgan fingerprint density at radius 1 is 1.24 bits per heavy atom. The molecule has 1 amide bonds. The second kappa shape index (κ2) is 10.4. The van der Waals surface area contributed by atoms with E-state index in [4.69, 9.17) is 0 Å². The van der Waals surface area contributed by atoms with Gasteiger partial charge in [-0.15, -0.1) is 12.4 Å². The SMILES string of the molecule is CC1CCCN(CCCCNC(=O)C2CCNCC2)C1.Cl. The van der Waals surface area contributed by atoms with Gasteiger partial charge in [-0.05, 0) is 70.6 Å². The number of unbranched alkanes of at least 4 members (excludes halogenated alkanes) is 1. The molecule has 0 aromatic heterocycles. The summed E-state index contributed by atoms with van der Waals surface area (Å²) in [6, 6.07) is 0. The average molecular weight is 318 g/mol. The van der Waals surface area contributed by atoms with Gasteiger partial charge >= 0.3 is 0 Å². The highest BCUT2D eigenvalue weighted by molar-refractivity contribution is 5.85. The van der Waals surface area contributed by atoms with Crippen molar-refractivity contribution in [2.75, 3.05) is 39.3 Å². The van der Waals surface area contributed by atoms with Crippen LogP contribution in [0.2, 0.25) is 0 Å². The van der Waals surface area contributed by atoms with Crippen LogP contribution in [0.3, 0.4) is 0 Å². The van der Waals surface area contributed by atoms with E-state index in [0.717, 1.165) is 44.8 Å². The summed E-state index contributed by atoms with van der Waals surface area (Å²) >= 11 is 0. The third-order valence-electron chi connectivity index (χ3n) is 4.65. The van der Waals surface area contributed by atoms with E-state index in [1.807, 2.05) is 0 Å². The van der Waals surface area contributed by atoms with E-state index in [9.17, 15) is 4.79 Å². The Labute approximate surface area is 135 Å². The number of carbonyl (C=O) groups is 1. The van der Waals surface area contributed by atoms with Crippen molar-refractivity contribution in [3.05, 3.63) is 0 Å². The lowest BCUT2D eigenvalue weighted by molar-refractivity contribution is -0.125. The number of hydrogen-bond acceptors (Lipinski definition) is 3. The van der Waals surface area contributed by atoms with Crippen molar-refractivity contribution in [3.8, 4) is 0 Å². The van der Waals surface area contributed by atoms with Crippen molar-refractivity contribution >= 4 is 18.3 Å². The fraction of sp³-hybridized carbons (Fsp3) is 0.938. The fourth-order valence-corrected chi connectivity index (χ4v) is 3.39. The first kappa shape index (κ1) is 18.7. The quantitative estimate of drug-likeness (QED) is 0.737. The van der Waals surface area contributed by atoms with Gasteiger partial charge in [-0.1, -0.05) is 6.92 Å². The molecule has 0 bridgehead atoms. The molecule has 0 aromatic carbocycles. The summed E-state index contributed by atoms with van der Waals surface area (Å²) in [5.74, 6) is 1.39. The number of halogens is 1. The highest BCUT2D eigenvalue weighted by Crippen LogP contribution is 2.15. The van der Waals surface area contributed by atoms with Crippen LogP contribution in [0, 0.1) is 11.8 Å². The summed E-state index contributed by atoms with van der Waals surface area (Å²) in [7, 11) is 0. The first-order chi connectivity index (χ1) is 9.75. The Bertz CT molecular complexity index is 295. The summed E-state index contributed by atoms with van der Waals surface area (Å²) in [5.41, 5.74) is 0. The molecule has 0 radical (unpaired) electrons. The van der Waals surface area contributed by atoms with E-state index >= 15 is 0 Å². The zero-order chi connectivity index (χ0) is 14.2. The van der Waals surface area contributed by atoms with E-state index in [2.05, 4.69) is 22.5 Å². The van der Waals surface area contributed by atoms with Gasteiger partial charge in [-0.2, -0.15) is 0 Å². The predicted molar refractivity (Wildman–Crippen MR) is 89.9 cm³/mol. The molecular weight excluding hydrogens is 286 g/mol. The minimum atomic E-state index is 0. The Hall–Kier alpha value is -0.320. The maximum Gasteiger partial charge on any atom is 0.223 e. The van der Waals surface area contributed by atoms with E-state index < -0.39 is 0 Å². The number of carbonyl (C=O) groups excluding carboxylic acids is 1. The van der Waals surface area contributed by atoms with Crippen molar-refractivity contribution in [2.45, 2.75) is 45.4 Å². The number of rotatable bonds is 6. The van der Waals surface area contributed by atoms with Crippen molar-refractivity contribution < 1.29 is 4.79 Å². The summed E-state index contributed by atoms with van der Waals surface area (Å²) < 4.78 is 0. The molecule has 4 nitrogen and oxygen atoms in total. The molecule has 2 N–H and O–H groups in total. The van der Waals surface area contributed by atoms with Gasteiger partial charge in [0, 0.05) is 19.0 Å². The average Bonchev–Trinajstić information content (AvgIpc) is 2.48. The first-order valence-electron chi connectivity index (χ1n) is 8.46. The molecule has 2 aliphatic rings. The van der Waals surface area contributed by atoms with Gasteiger partial charge in [-0.25, -0.2) is 0 Å². The molecule has 1 atom stereocenters. The highest BCUT2D eigenvalue weighted by Gasteiger charge is 2.20. The second-order valence-corrected chi connectivity index (χ2v) is 6.57. The van der Waals surface area contributed by atoms with Gasteiger partial charge in [0.1, 0.15) is 0 Å². The lowest BCUT2D eigenvalue weighted by Crippen LogP contribution is -2.38. The first-order valence-corrected chi connectivity index (χ1v) is 8.46. The summed E-state index contributed by atoms with van der Waals surface area (Å²) in [6.07, 6.45) is 7.06. The zero-order valence-corrected chi connectivity index (χ0v) is 14.2. The third kappa shape index (κ3) is 6.98. The number of piperidine rings is 2. The minimum absolute atomic E-state index is 0. The number of hydrogen-bond donors (Lipinski definition) is 2. The lowest BCUT2D eigenvalue weighted by atomic mass is 9.97. The largest absolute Gasteiger partial charge is 0.356 e. The summed E-state index contributed by atoms with van der Waals surface area (Å²) in [5, 5.41) is 6.41. The Morgan fingerprint density at radius 2 is 2.00 bits per heavy atom. The molecular formula is C16H32ClN3O. The van der Waals surface area contributed by atoms with E-state index in [0.29, 0.717) is 0 Å². The lowest BCUT2D eigenvalue weighted by Gasteiger charge is -2.30. The standard InChI is InChI=1S/C16H31N3O.ClH/c1-14-5-4-12-19(13-14)11-3-2-8-18-16(20)15-6-9-17-10-7-15;/h14-15,17H,2-13H2,1H3,(H,18,20);1H. The van der Waals surface area contributed by atoms with Gasteiger partial charge in [0.25, 0.3) is 0 Å². The molecule has 1 unspecified atom stereocenters. The van der Waals surface area contributed by atoms with Crippen LogP contribution in [0.5, 0.6) is 0 Å². The topological polar surface area (TPSA) is 44.4 Å². The number of amides is 1. The van der Waals surface area contributed by atoms with E-state index in [1.165, 1.54) is 38.9 Å². The highest BCUT2D eigenvalue weighted by atomic mass is 35.5. The van der Waals surface area contributed by atoms with E-state index in [-0.39, 0.29) is 24.2 Å². The molecule has 5 heteroatoms. The van der Waals surface area contributed by atoms with Crippen LogP contribution in [-0.2, 0) is 4.79 Å². The van der Waals surface area contributed by atoms with Crippen molar-refractivity contribution in [2.24, 2.45) is 11.8 Å². The maximum absolute atomic E-state index is 12.0. The third-order valence-corrected chi connectivity index (χ3v) is 4.65. The van der Waals surface area contributed by atoms with Crippen molar-refractivity contribution in [1.82, 2.24) is 15.5 Å². The monoisotopic (exact) mass is 317 g/mol. The van der Waals surface area contributed by atoms with Crippen LogP contribution >= 0.6 is 12.4 Å². The smallest absolute Gasteiger partial charge is 0.223 e. The molecule has 124 valence electrons. The van der Waals surface area contributed by atoms with Crippen LogP contribution in [0.1, 0.15) is 45.4 Å². The number of likely N-dealkylation sites (tertiary alicyclic amines) is 1. The van der Waals surface area contributed by atoms with Crippen LogP contribution in [0.4, 0.5) is 0 Å². The molecule has 2 rings (SSSR count). The molecule has 2 heterocycles. The van der Waals surface area contributed by atoms with Crippen molar-refractivity contribution in [1.29, 1.82) is 0 Å². The van der Waals surface area contributed by atoms with Crippen molar-refractivity contribution in [3.63, 3.8) is 0 Å². The van der Waals surface area contributed by atoms with E-state index in [1.54, 1.807) is 0 Å². The zero-order valence-electron chi connectivity index (χ0n) is 13.4. The Morgan fingerprint density at radius 3 is 2.71 bits per heavy atom. The van der Waals surface area contributed by atoms with Crippen LogP contribution in [0.15, 0.2) is 0 Å². The molecule has 21 heavy (non-hydrogen) atoms. The normalized spacial score (nSPS) is 24.3. The van der Waals surface area contributed by atoms with Gasteiger partial charge < -0.3 is 15.5 Å². The van der Waals surface area contributed by atoms with Gasteiger partial charge in [0.05, 0.1) is 0 Å². The molecule has 0 saturated carbocycles. The number of nitrogens with one attached hydrogen (secondary N) is 2. The minimum Gasteiger partial charge on any atom is -0.356 e. The van der Waals surface area contributed by atoms with Crippen LogP contribution in [0.25, 0.3) is 0 Å². The second-order valence-electron chi connectivity index (χ2n) is 6.57. The van der Waals surface area contributed by atoms with Gasteiger partial charge in [-0.3, -0.25) is 4.79 Å². The number of nitrogens with zero attached hydrogens (tertiary/aromatic N) is 1. The summed E-state index contributed by atoms with van der Waals surface area (Å²) in [4.78, 5) is 14.5. The Kier molecular flexibility index (Phi) is 9.29. The van der Waals surface area contributed by atoms with Gasteiger partial charge in [0.2, 0.25) is 5.91 Å². The summed E-state index contributed by atoms with van der Waals surface area (Å²) in [6.45, 7) is 8.93. The predicted octanol–water partition coefficient (Wildman–Crippen LogP) is 2.04. The van der Waals surface area contributed by atoms with Crippen LogP contribution in [-0.4, -0.2) is 50.1 Å². The molecule has 0 spiro atoms. The van der Waals surface area contributed by atoms with Gasteiger partial charge in [0.15, 0.2) is 0 Å². The molecule has 2 aliphatic heterocycles. The molecule has 2 fully saturated rings. The molecule has 0 aromatic rings. The van der Waals surface area contributed by atoms with Crippen LogP contribution < -0.4 is 10.6 Å². The maximum atomic E-state index is 12.0. The fourth-order valence-electron chi connectivity index (χ4n) is 3.39. The molecule has 0 aliphatic carbocycles. The molecule has 2 saturated heterocycles.